The highest BCUT2D eigenvalue weighted by Gasteiger charge is 2.37. The van der Waals surface area contributed by atoms with E-state index in [2.05, 4.69) is 15.6 Å². The summed E-state index contributed by atoms with van der Waals surface area (Å²) in [6.07, 6.45) is 1.53. The number of para-hydroxylation sites is 1. The molecule has 2 heterocycles. The van der Waals surface area contributed by atoms with Gasteiger partial charge in [0.25, 0.3) is 0 Å². The molecular formula is C24H28N4O6S. The quantitative estimate of drug-likeness (QED) is 0.400. The number of rotatable bonds is 8. The zero-order chi connectivity index (χ0) is 25.0. The van der Waals surface area contributed by atoms with E-state index in [9.17, 15) is 18.0 Å². The molecule has 2 amide bonds. The standard InChI is InChI=1S/C24H28N4O6S/c1-16-13-18(7-8-21(16)33-2)35(31,32)28-11-12-34-22(28)15-27-24(30)23(29)25-10-9-17-14-26-20-6-4-3-5-19(17)20/h3-8,13-14,22,26H,9-12,15H2,1-2H3,(H,25,29)(H,27,30)/t22-/m1/s1. The minimum Gasteiger partial charge on any atom is -0.496 e. The predicted octanol–water partition coefficient (Wildman–Crippen LogP) is 1.31. The Balaban J connectivity index is 1.30. The van der Waals surface area contributed by atoms with Crippen LogP contribution in [-0.2, 0) is 30.8 Å². The molecule has 0 aliphatic carbocycles. The maximum absolute atomic E-state index is 13.1. The van der Waals surface area contributed by atoms with Gasteiger partial charge in [0.15, 0.2) is 0 Å². The third kappa shape index (κ3) is 5.31. The van der Waals surface area contributed by atoms with E-state index in [1.807, 2.05) is 30.5 Å². The minimum atomic E-state index is -3.86. The monoisotopic (exact) mass is 500 g/mol. The lowest BCUT2D eigenvalue weighted by molar-refractivity contribution is -0.139. The van der Waals surface area contributed by atoms with Crippen LogP contribution in [0.25, 0.3) is 10.9 Å². The predicted molar refractivity (Wildman–Crippen MR) is 129 cm³/mol. The maximum Gasteiger partial charge on any atom is 0.309 e. The van der Waals surface area contributed by atoms with Gasteiger partial charge in [0.1, 0.15) is 12.0 Å². The molecule has 0 unspecified atom stereocenters. The first kappa shape index (κ1) is 24.7. The van der Waals surface area contributed by atoms with E-state index in [1.54, 1.807) is 13.0 Å². The normalized spacial score (nSPS) is 16.3. The Morgan fingerprint density at radius 3 is 2.71 bits per heavy atom. The molecular weight excluding hydrogens is 472 g/mol. The van der Waals surface area contributed by atoms with Gasteiger partial charge in [-0.2, -0.15) is 4.31 Å². The van der Waals surface area contributed by atoms with Crippen molar-refractivity contribution in [2.75, 3.05) is 33.4 Å². The van der Waals surface area contributed by atoms with Crippen LogP contribution in [-0.4, -0.2) is 69.1 Å². The number of fused-ring (bicyclic) bond motifs is 1. The van der Waals surface area contributed by atoms with Crippen LogP contribution < -0.4 is 15.4 Å². The van der Waals surface area contributed by atoms with E-state index in [-0.39, 0.29) is 31.1 Å². The molecule has 3 aromatic rings. The molecule has 3 N–H and O–H groups in total. The van der Waals surface area contributed by atoms with Crippen molar-refractivity contribution in [3.8, 4) is 5.75 Å². The van der Waals surface area contributed by atoms with Crippen LogP contribution in [0, 0.1) is 6.92 Å². The highest BCUT2D eigenvalue weighted by atomic mass is 32.2. The van der Waals surface area contributed by atoms with Crippen molar-refractivity contribution in [1.29, 1.82) is 0 Å². The fourth-order valence-electron chi connectivity index (χ4n) is 4.08. The lowest BCUT2D eigenvalue weighted by Crippen LogP contribution is -2.47. The van der Waals surface area contributed by atoms with Crippen LogP contribution in [0.5, 0.6) is 5.75 Å². The van der Waals surface area contributed by atoms with Crippen LogP contribution in [0.15, 0.2) is 53.6 Å². The summed E-state index contributed by atoms with van der Waals surface area (Å²) in [5.74, 6) is -1.05. The Hall–Kier alpha value is -3.41. The number of hydrogen-bond donors (Lipinski definition) is 3. The van der Waals surface area contributed by atoms with Gasteiger partial charge >= 0.3 is 11.8 Å². The number of nitrogens with one attached hydrogen (secondary N) is 3. The van der Waals surface area contributed by atoms with Gasteiger partial charge in [-0.05, 0) is 48.7 Å². The second kappa shape index (κ2) is 10.5. The summed E-state index contributed by atoms with van der Waals surface area (Å²) < 4.78 is 38.2. The van der Waals surface area contributed by atoms with Gasteiger partial charge in [0, 0.05) is 30.2 Å². The fraction of sp³-hybridized carbons (Fsp3) is 0.333. The van der Waals surface area contributed by atoms with Gasteiger partial charge < -0.3 is 25.1 Å². The number of aryl methyl sites for hydroxylation is 1. The van der Waals surface area contributed by atoms with Crippen LogP contribution in [0.2, 0.25) is 0 Å². The zero-order valence-corrected chi connectivity index (χ0v) is 20.4. The molecule has 0 saturated carbocycles. The van der Waals surface area contributed by atoms with Gasteiger partial charge in [-0.1, -0.05) is 18.2 Å². The average Bonchev–Trinajstić information content (AvgIpc) is 3.50. The fourth-order valence-corrected chi connectivity index (χ4v) is 5.67. The number of carbonyl (C=O) groups excluding carboxylic acids is 2. The first-order chi connectivity index (χ1) is 16.8. The molecule has 186 valence electrons. The van der Waals surface area contributed by atoms with Crippen molar-refractivity contribution in [2.24, 2.45) is 0 Å². The number of amides is 2. The van der Waals surface area contributed by atoms with Crippen molar-refractivity contribution in [3.63, 3.8) is 0 Å². The van der Waals surface area contributed by atoms with Gasteiger partial charge in [0.05, 0.1) is 25.2 Å². The summed E-state index contributed by atoms with van der Waals surface area (Å²) in [5, 5.41) is 6.14. The molecule has 1 aromatic heterocycles. The lowest BCUT2D eigenvalue weighted by Gasteiger charge is -2.23. The first-order valence-electron chi connectivity index (χ1n) is 11.2. The molecule has 35 heavy (non-hydrogen) atoms. The van der Waals surface area contributed by atoms with Crippen LogP contribution >= 0.6 is 0 Å². The van der Waals surface area contributed by atoms with Gasteiger partial charge in [0.2, 0.25) is 10.0 Å². The first-order valence-corrected chi connectivity index (χ1v) is 12.6. The number of nitrogens with zero attached hydrogens (tertiary/aromatic N) is 1. The van der Waals surface area contributed by atoms with Gasteiger partial charge in [-0.15, -0.1) is 0 Å². The minimum absolute atomic E-state index is 0.104. The Labute approximate surface area is 203 Å². The van der Waals surface area contributed by atoms with Crippen molar-refractivity contribution >= 4 is 32.7 Å². The number of hydrogen-bond acceptors (Lipinski definition) is 6. The number of sulfonamides is 1. The summed E-state index contributed by atoms with van der Waals surface area (Å²) in [7, 11) is -2.35. The molecule has 2 aromatic carbocycles. The van der Waals surface area contributed by atoms with Crippen molar-refractivity contribution in [1.82, 2.24) is 19.9 Å². The second-order valence-corrected chi connectivity index (χ2v) is 10.0. The summed E-state index contributed by atoms with van der Waals surface area (Å²) in [6, 6.07) is 12.4. The lowest BCUT2D eigenvalue weighted by atomic mass is 10.1. The number of aromatic amines is 1. The van der Waals surface area contributed by atoms with E-state index in [0.29, 0.717) is 17.7 Å². The molecule has 0 radical (unpaired) electrons. The molecule has 4 rings (SSSR count). The number of ether oxygens (including phenoxy) is 2. The summed E-state index contributed by atoms with van der Waals surface area (Å²) in [4.78, 5) is 27.8. The molecule has 0 spiro atoms. The largest absolute Gasteiger partial charge is 0.496 e. The second-order valence-electron chi connectivity index (χ2n) is 8.15. The van der Waals surface area contributed by atoms with E-state index in [4.69, 9.17) is 9.47 Å². The Morgan fingerprint density at radius 1 is 1.17 bits per heavy atom. The van der Waals surface area contributed by atoms with Crippen LogP contribution in [0.1, 0.15) is 11.1 Å². The van der Waals surface area contributed by atoms with E-state index >= 15 is 0 Å². The highest BCUT2D eigenvalue weighted by molar-refractivity contribution is 7.89. The number of carbonyl (C=O) groups is 2. The molecule has 11 heteroatoms. The number of aromatic nitrogens is 1. The van der Waals surface area contributed by atoms with Crippen molar-refractivity contribution < 1.29 is 27.5 Å². The van der Waals surface area contributed by atoms with E-state index in [0.717, 1.165) is 16.5 Å². The molecule has 1 aliphatic rings. The summed E-state index contributed by atoms with van der Waals surface area (Å²) >= 11 is 0. The van der Waals surface area contributed by atoms with Gasteiger partial charge in [-0.25, -0.2) is 8.42 Å². The third-order valence-electron chi connectivity index (χ3n) is 5.91. The van der Waals surface area contributed by atoms with Crippen molar-refractivity contribution in [3.05, 3.63) is 59.8 Å². The summed E-state index contributed by atoms with van der Waals surface area (Å²) in [5.41, 5.74) is 2.73. The molecule has 1 saturated heterocycles. The molecule has 0 bridgehead atoms. The smallest absolute Gasteiger partial charge is 0.309 e. The Morgan fingerprint density at radius 2 is 1.94 bits per heavy atom. The highest BCUT2D eigenvalue weighted by Crippen LogP contribution is 2.26. The zero-order valence-electron chi connectivity index (χ0n) is 19.5. The molecule has 10 nitrogen and oxygen atoms in total. The van der Waals surface area contributed by atoms with Crippen LogP contribution in [0.3, 0.4) is 0 Å². The Kier molecular flexibility index (Phi) is 7.39. The number of methoxy groups -OCH3 is 1. The van der Waals surface area contributed by atoms with Crippen LogP contribution in [0.4, 0.5) is 0 Å². The topological polar surface area (TPSA) is 130 Å². The van der Waals surface area contributed by atoms with Gasteiger partial charge in [-0.3, -0.25) is 9.59 Å². The molecule has 1 aliphatic heterocycles. The SMILES string of the molecule is COc1ccc(S(=O)(=O)N2CCO[C@@H]2CNC(=O)C(=O)NCCc2c[nH]c3ccccc23)cc1C. The Bertz CT molecular complexity index is 1340. The maximum atomic E-state index is 13.1. The third-order valence-corrected chi connectivity index (χ3v) is 7.80. The van der Waals surface area contributed by atoms with Crippen molar-refractivity contribution in [2.45, 2.75) is 24.5 Å². The average molecular weight is 501 g/mol. The van der Waals surface area contributed by atoms with E-state index in [1.165, 1.54) is 23.5 Å². The number of H-pyrrole nitrogens is 1. The summed E-state index contributed by atoms with van der Waals surface area (Å²) in [6.45, 7) is 2.22. The molecule has 1 atom stereocenters. The van der Waals surface area contributed by atoms with E-state index < -0.39 is 28.1 Å². The molecule has 1 fully saturated rings. The number of benzene rings is 2.